The molecule has 0 saturated heterocycles. The Bertz CT molecular complexity index is 383. The number of carbonyl (C=O) groups is 2. The molecule has 1 N–H and O–H groups in total. The molecule has 18 heavy (non-hydrogen) atoms. The molecule has 0 bridgehead atoms. The lowest BCUT2D eigenvalue weighted by molar-refractivity contribution is -0.137. The minimum atomic E-state index is -0.189. The summed E-state index contributed by atoms with van der Waals surface area (Å²) in [5, 5.41) is 8.68. The summed E-state index contributed by atoms with van der Waals surface area (Å²) in [7, 11) is 0. The Morgan fingerprint density at radius 2 is 1.89 bits per heavy atom. The van der Waals surface area contributed by atoms with E-state index < -0.39 is 0 Å². The highest BCUT2D eigenvalue weighted by Gasteiger charge is 2.33. The second-order valence-electron chi connectivity index (χ2n) is 4.40. The second-order valence-corrected chi connectivity index (χ2v) is 4.40. The van der Waals surface area contributed by atoms with Crippen LogP contribution in [0.3, 0.4) is 0 Å². The largest absolute Gasteiger partial charge is 0.396 e. The summed E-state index contributed by atoms with van der Waals surface area (Å²) in [6, 6.07) is 0. The third-order valence-corrected chi connectivity index (χ3v) is 3.01. The van der Waals surface area contributed by atoms with E-state index in [0.717, 1.165) is 19.3 Å². The molecule has 4 nitrogen and oxygen atoms in total. The number of amides is 2. The van der Waals surface area contributed by atoms with Crippen molar-refractivity contribution in [3.63, 3.8) is 0 Å². The van der Waals surface area contributed by atoms with Crippen molar-refractivity contribution in [2.24, 2.45) is 0 Å². The quantitative estimate of drug-likeness (QED) is 0.554. The lowest BCUT2D eigenvalue weighted by atomic mass is 10.1. The SMILES string of the molecule is CC/C=C\C1=C(C)C(=O)N(CCCCCO)C1=O. The van der Waals surface area contributed by atoms with E-state index in [1.54, 1.807) is 13.0 Å². The van der Waals surface area contributed by atoms with Gasteiger partial charge in [0.05, 0.1) is 0 Å². The Kier molecular flexibility index (Phi) is 5.78. The van der Waals surface area contributed by atoms with E-state index in [0.29, 0.717) is 24.1 Å². The van der Waals surface area contributed by atoms with Gasteiger partial charge in [-0.05, 0) is 32.6 Å². The van der Waals surface area contributed by atoms with Crippen molar-refractivity contribution in [2.45, 2.75) is 39.5 Å². The van der Waals surface area contributed by atoms with Crippen LogP contribution in [0.25, 0.3) is 0 Å². The van der Waals surface area contributed by atoms with Crippen molar-refractivity contribution in [3.05, 3.63) is 23.3 Å². The van der Waals surface area contributed by atoms with Gasteiger partial charge in [-0.15, -0.1) is 0 Å². The summed E-state index contributed by atoms with van der Waals surface area (Å²) in [5.74, 6) is -0.369. The standard InChI is InChI=1S/C14H21NO3/c1-3-4-8-12-11(2)13(17)15(14(12)18)9-6-5-7-10-16/h4,8,16H,3,5-7,9-10H2,1-2H3/b8-4-. The smallest absolute Gasteiger partial charge is 0.261 e. The molecule has 0 saturated carbocycles. The van der Waals surface area contributed by atoms with Gasteiger partial charge in [-0.2, -0.15) is 0 Å². The highest BCUT2D eigenvalue weighted by Crippen LogP contribution is 2.22. The van der Waals surface area contributed by atoms with Gasteiger partial charge >= 0.3 is 0 Å². The van der Waals surface area contributed by atoms with Gasteiger partial charge in [-0.25, -0.2) is 0 Å². The van der Waals surface area contributed by atoms with Crippen LogP contribution >= 0.6 is 0 Å². The Labute approximate surface area is 108 Å². The molecule has 1 aliphatic heterocycles. The van der Waals surface area contributed by atoms with Crippen LogP contribution < -0.4 is 0 Å². The van der Waals surface area contributed by atoms with Crippen LogP contribution in [0.5, 0.6) is 0 Å². The summed E-state index contributed by atoms with van der Waals surface area (Å²) in [4.78, 5) is 25.3. The lowest BCUT2D eigenvalue weighted by Gasteiger charge is -2.14. The zero-order valence-electron chi connectivity index (χ0n) is 11.1. The maximum absolute atomic E-state index is 12.0. The zero-order valence-corrected chi connectivity index (χ0v) is 11.1. The molecule has 1 rings (SSSR count). The number of aliphatic hydroxyl groups excluding tert-OH is 1. The monoisotopic (exact) mass is 251 g/mol. The van der Waals surface area contributed by atoms with Gasteiger partial charge in [0.1, 0.15) is 0 Å². The number of unbranched alkanes of at least 4 members (excludes halogenated alkanes) is 2. The van der Waals surface area contributed by atoms with Crippen molar-refractivity contribution in [3.8, 4) is 0 Å². The van der Waals surface area contributed by atoms with Crippen LogP contribution in [-0.4, -0.2) is 35.0 Å². The van der Waals surface area contributed by atoms with Crippen LogP contribution in [0.1, 0.15) is 39.5 Å². The van der Waals surface area contributed by atoms with Crippen molar-refractivity contribution in [1.29, 1.82) is 0 Å². The van der Waals surface area contributed by atoms with E-state index in [1.165, 1.54) is 4.90 Å². The highest BCUT2D eigenvalue weighted by atomic mass is 16.3. The van der Waals surface area contributed by atoms with Gasteiger partial charge in [0, 0.05) is 24.3 Å². The molecule has 100 valence electrons. The first-order chi connectivity index (χ1) is 8.63. The number of allylic oxidation sites excluding steroid dienone is 1. The highest BCUT2D eigenvalue weighted by molar-refractivity contribution is 6.20. The minimum absolute atomic E-state index is 0.156. The van der Waals surface area contributed by atoms with E-state index in [9.17, 15) is 9.59 Å². The van der Waals surface area contributed by atoms with Crippen molar-refractivity contribution in [1.82, 2.24) is 4.90 Å². The first-order valence-corrected chi connectivity index (χ1v) is 6.48. The molecule has 0 atom stereocenters. The molecule has 0 unspecified atom stereocenters. The summed E-state index contributed by atoms with van der Waals surface area (Å²) in [6.07, 6.45) is 6.76. The maximum Gasteiger partial charge on any atom is 0.261 e. The number of nitrogens with zero attached hydrogens (tertiary/aromatic N) is 1. The Morgan fingerprint density at radius 1 is 1.17 bits per heavy atom. The van der Waals surface area contributed by atoms with E-state index in [1.807, 2.05) is 13.0 Å². The lowest BCUT2D eigenvalue weighted by Crippen LogP contribution is -2.32. The fourth-order valence-electron chi connectivity index (χ4n) is 1.91. The molecule has 4 heteroatoms. The normalized spacial score (nSPS) is 16.5. The fourth-order valence-corrected chi connectivity index (χ4v) is 1.91. The molecule has 0 aliphatic carbocycles. The van der Waals surface area contributed by atoms with Crippen LogP contribution in [0.15, 0.2) is 23.3 Å². The molecule has 0 aromatic heterocycles. The molecular weight excluding hydrogens is 230 g/mol. The van der Waals surface area contributed by atoms with Gasteiger partial charge in [0.25, 0.3) is 11.8 Å². The number of aliphatic hydroxyl groups is 1. The van der Waals surface area contributed by atoms with E-state index in [-0.39, 0.29) is 18.4 Å². The van der Waals surface area contributed by atoms with E-state index in [2.05, 4.69) is 0 Å². The first-order valence-electron chi connectivity index (χ1n) is 6.48. The number of rotatable bonds is 7. The molecule has 0 fully saturated rings. The third-order valence-electron chi connectivity index (χ3n) is 3.01. The van der Waals surface area contributed by atoms with Gasteiger partial charge in [0.2, 0.25) is 0 Å². The number of imide groups is 1. The summed E-state index contributed by atoms with van der Waals surface area (Å²) < 4.78 is 0. The van der Waals surface area contributed by atoms with Crippen LogP contribution in [-0.2, 0) is 9.59 Å². The Morgan fingerprint density at radius 3 is 2.50 bits per heavy atom. The average Bonchev–Trinajstić information content (AvgIpc) is 2.56. The summed E-state index contributed by atoms with van der Waals surface area (Å²) >= 11 is 0. The topological polar surface area (TPSA) is 57.6 Å². The summed E-state index contributed by atoms with van der Waals surface area (Å²) in [5.41, 5.74) is 1.05. The van der Waals surface area contributed by atoms with Gasteiger partial charge in [-0.3, -0.25) is 14.5 Å². The number of hydrogen-bond donors (Lipinski definition) is 1. The molecular formula is C14H21NO3. The Hall–Kier alpha value is -1.42. The van der Waals surface area contributed by atoms with Crippen LogP contribution in [0, 0.1) is 0 Å². The summed E-state index contributed by atoms with van der Waals surface area (Å²) in [6.45, 7) is 4.28. The number of hydrogen-bond acceptors (Lipinski definition) is 3. The van der Waals surface area contributed by atoms with Gasteiger partial charge < -0.3 is 5.11 Å². The van der Waals surface area contributed by atoms with Crippen LogP contribution in [0.4, 0.5) is 0 Å². The van der Waals surface area contributed by atoms with Crippen molar-refractivity contribution in [2.75, 3.05) is 13.2 Å². The predicted octanol–water partition coefficient (Wildman–Crippen LogP) is 1.80. The number of carbonyl (C=O) groups excluding carboxylic acids is 2. The molecule has 0 aromatic rings. The molecule has 1 heterocycles. The third kappa shape index (κ3) is 3.29. The van der Waals surface area contributed by atoms with E-state index in [4.69, 9.17) is 5.11 Å². The van der Waals surface area contributed by atoms with Gasteiger partial charge in [0.15, 0.2) is 0 Å². The average molecular weight is 251 g/mol. The first kappa shape index (κ1) is 14.6. The molecule has 0 spiro atoms. The molecule has 1 aliphatic rings. The van der Waals surface area contributed by atoms with Gasteiger partial charge in [-0.1, -0.05) is 19.1 Å². The van der Waals surface area contributed by atoms with Crippen molar-refractivity contribution >= 4 is 11.8 Å². The maximum atomic E-state index is 12.0. The predicted molar refractivity (Wildman–Crippen MR) is 69.8 cm³/mol. The fraction of sp³-hybridized carbons (Fsp3) is 0.571. The minimum Gasteiger partial charge on any atom is -0.396 e. The molecule has 0 radical (unpaired) electrons. The van der Waals surface area contributed by atoms with E-state index >= 15 is 0 Å². The second kappa shape index (κ2) is 7.11. The van der Waals surface area contributed by atoms with Crippen molar-refractivity contribution < 1.29 is 14.7 Å². The Balaban J connectivity index is 2.63. The van der Waals surface area contributed by atoms with Crippen LogP contribution in [0.2, 0.25) is 0 Å². The zero-order chi connectivity index (χ0) is 13.5. The molecule has 0 aromatic carbocycles. The molecule has 2 amide bonds.